The van der Waals surface area contributed by atoms with Gasteiger partial charge in [0.05, 0.1) is 0 Å². The Balaban J connectivity index is 2.67. The Labute approximate surface area is 141 Å². The largest absolute Gasteiger partial charge is 0.444 e. The fourth-order valence-electron chi connectivity index (χ4n) is 2.50. The van der Waals surface area contributed by atoms with Crippen LogP contribution in [0, 0.1) is 0 Å². The number of nitrogens with one attached hydrogen (secondary N) is 2. The van der Waals surface area contributed by atoms with Crippen LogP contribution < -0.4 is 10.6 Å². The highest BCUT2D eigenvalue weighted by Crippen LogP contribution is 2.19. The second kappa shape index (κ2) is 9.43. The topological polar surface area (TPSA) is 50.4 Å². The minimum absolute atomic E-state index is 0.383. The van der Waals surface area contributed by atoms with Gasteiger partial charge in [-0.25, -0.2) is 4.79 Å². The van der Waals surface area contributed by atoms with E-state index in [1.54, 1.807) is 0 Å². The lowest BCUT2D eigenvalue weighted by atomic mass is 10.1. The second-order valence-corrected chi connectivity index (χ2v) is 6.93. The summed E-state index contributed by atoms with van der Waals surface area (Å²) in [4.78, 5) is 11.8. The summed E-state index contributed by atoms with van der Waals surface area (Å²) in [6, 6.07) is 8.60. The molecule has 4 heteroatoms. The summed E-state index contributed by atoms with van der Waals surface area (Å²) in [7, 11) is 0. The molecule has 1 aromatic carbocycles. The Bertz CT molecular complexity index is 475. The quantitative estimate of drug-likeness (QED) is 0.701. The molecule has 4 nitrogen and oxygen atoms in total. The molecule has 0 aliphatic rings. The molecular formula is C19H32N2O2. The summed E-state index contributed by atoms with van der Waals surface area (Å²) in [5.41, 5.74) is 1.70. The first kappa shape index (κ1) is 19.3. The van der Waals surface area contributed by atoms with E-state index in [4.69, 9.17) is 4.74 Å². The summed E-state index contributed by atoms with van der Waals surface area (Å²) < 4.78 is 5.29. The van der Waals surface area contributed by atoms with E-state index in [1.165, 1.54) is 0 Å². The number of rotatable bonds is 8. The van der Waals surface area contributed by atoms with Crippen molar-refractivity contribution in [3.63, 3.8) is 0 Å². The molecule has 0 spiro atoms. The van der Waals surface area contributed by atoms with E-state index in [-0.39, 0.29) is 6.09 Å². The van der Waals surface area contributed by atoms with Crippen molar-refractivity contribution in [2.45, 2.75) is 78.5 Å². The molecule has 1 amide bonds. The standard InChI is InChI=1S/C19H32N2O2/c1-6-10-16(11-7-2)21-17-13-9-8-12-15(17)14-20-18(22)23-19(3,4)5/h8-9,12-13,16,21H,6-7,10-11,14H2,1-5H3,(H,20,22). The van der Waals surface area contributed by atoms with Gasteiger partial charge in [0, 0.05) is 18.3 Å². The lowest BCUT2D eigenvalue weighted by molar-refractivity contribution is 0.0523. The number of carbonyl (C=O) groups is 1. The molecule has 23 heavy (non-hydrogen) atoms. The Hall–Kier alpha value is -1.71. The Morgan fingerprint density at radius 2 is 1.74 bits per heavy atom. The van der Waals surface area contributed by atoms with Crippen LogP contribution in [0.25, 0.3) is 0 Å². The number of carbonyl (C=O) groups excluding carboxylic acids is 1. The first-order chi connectivity index (χ1) is 10.9. The molecule has 0 saturated carbocycles. The second-order valence-electron chi connectivity index (χ2n) is 6.93. The number of para-hydroxylation sites is 1. The maximum atomic E-state index is 11.8. The van der Waals surface area contributed by atoms with Crippen LogP contribution >= 0.6 is 0 Å². The smallest absolute Gasteiger partial charge is 0.407 e. The fraction of sp³-hybridized carbons (Fsp3) is 0.632. The fourth-order valence-corrected chi connectivity index (χ4v) is 2.50. The van der Waals surface area contributed by atoms with Crippen LogP contribution in [-0.4, -0.2) is 17.7 Å². The van der Waals surface area contributed by atoms with E-state index in [9.17, 15) is 4.79 Å². The minimum Gasteiger partial charge on any atom is -0.444 e. The van der Waals surface area contributed by atoms with Crippen LogP contribution in [0.4, 0.5) is 10.5 Å². The molecule has 0 aromatic heterocycles. The van der Waals surface area contributed by atoms with Crippen LogP contribution in [0.15, 0.2) is 24.3 Å². The maximum Gasteiger partial charge on any atom is 0.407 e. The molecule has 130 valence electrons. The zero-order valence-electron chi connectivity index (χ0n) is 15.2. The first-order valence-corrected chi connectivity index (χ1v) is 8.67. The molecule has 0 aliphatic heterocycles. The highest BCUT2D eigenvalue weighted by molar-refractivity contribution is 5.68. The Kier molecular flexibility index (Phi) is 7.93. The number of benzene rings is 1. The van der Waals surface area contributed by atoms with Crippen molar-refractivity contribution in [3.05, 3.63) is 29.8 Å². The van der Waals surface area contributed by atoms with Crippen LogP contribution in [0.1, 0.15) is 65.9 Å². The van der Waals surface area contributed by atoms with Crippen molar-refractivity contribution >= 4 is 11.8 Å². The zero-order chi connectivity index (χ0) is 17.3. The highest BCUT2D eigenvalue weighted by atomic mass is 16.6. The molecule has 0 atom stereocenters. The summed E-state index contributed by atoms with van der Waals surface area (Å²) in [6.07, 6.45) is 4.25. The molecular weight excluding hydrogens is 288 g/mol. The molecule has 0 heterocycles. The normalized spacial score (nSPS) is 11.4. The number of hydrogen-bond acceptors (Lipinski definition) is 3. The number of ether oxygens (including phenoxy) is 1. The average Bonchev–Trinajstić information content (AvgIpc) is 2.45. The number of hydrogen-bond donors (Lipinski definition) is 2. The van der Waals surface area contributed by atoms with Crippen molar-refractivity contribution in [3.8, 4) is 0 Å². The third-order valence-electron chi connectivity index (χ3n) is 3.47. The predicted octanol–water partition coefficient (Wildman–Crippen LogP) is 5.09. The number of alkyl carbamates (subject to hydrolysis) is 1. The summed E-state index contributed by atoms with van der Waals surface area (Å²) in [6.45, 7) is 10.5. The van der Waals surface area contributed by atoms with Gasteiger partial charge < -0.3 is 15.4 Å². The van der Waals surface area contributed by atoms with Crippen LogP contribution in [0.5, 0.6) is 0 Å². The summed E-state index contributed by atoms with van der Waals surface area (Å²) in [5.74, 6) is 0. The van der Waals surface area contributed by atoms with Crippen molar-refractivity contribution in [1.29, 1.82) is 0 Å². The van der Waals surface area contributed by atoms with Gasteiger partial charge in [-0.3, -0.25) is 0 Å². The molecule has 0 radical (unpaired) electrons. The molecule has 0 fully saturated rings. The molecule has 0 saturated heterocycles. The Morgan fingerprint density at radius 3 is 2.30 bits per heavy atom. The van der Waals surface area contributed by atoms with E-state index >= 15 is 0 Å². The molecule has 0 aliphatic carbocycles. The highest BCUT2D eigenvalue weighted by Gasteiger charge is 2.16. The third-order valence-corrected chi connectivity index (χ3v) is 3.47. The van der Waals surface area contributed by atoms with Gasteiger partial charge in [0.2, 0.25) is 0 Å². The number of amides is 1. The predicted molar refractivity (Wildman–Crippen MR) is 96.7 cm³/mol. The van der Waals surface area contributed by atoms with Crippen molar-refractivity contribution in [2.24, 2.45) is 0 Å². The summed E-state index contributed by atoms with van der Waals surface area (Å²) in [5, 5.41) is 6.46. The van der Waals surface area contributed by atoms with Gasteiger partial charge in [-0.1, -0.05) is 44.9 Å². The van der Waals surface area contributed by atoms with E-state index < -0.39 is 5.60 Å². The van der Waals surface area contributed by atoms with E-state index in [1.807, 2.05) is 39.0 Å². The summed E-state index contributed by atoms with van der Waals surface area (Å²) >= 11 is 0. The Morgan fingerprint density at radius 1 is 1.13 bits per heavy atom. The first-order valence-electron chi connectivity index (χ1n) is 8.67. The van der Waals surface area contributed by atoms with Crippen LogP contribution in [0.2, 0.25) is 0 Å². The third kappa shape index (κ3) is 7.91. The lowest BCUT2D eigenvalue weighted by Crippen LogP contribution is -2.32. The van der Waals surface area contributed by atoms with Gasteiger partial charge >= 0.3 is 6.09 Å². The zero-order valence-corrected chi connectivity index (χ0v) is 15.2. The average molecular weight is 320 g/mol. The van der Waals surface area contributed by atoms with E-state index in [0.717, 1.165) is 36.9 Å². The van der Waals surface area contributed by atoms with Crippen LogP contribution in [-0.2, 0) is 11.3 Å². The van der Waals surface area contributed by atoms with Gasteiger partial charge in [0.1, 0.15) is 5.60 Å². The maximum absolute atomic E-state index is 11.8. The monoisotopic (exact) mass is 320 g/mol. The minimum atomic E-state index is -0.477. The van der Waals surface area contributed by atoms with Gasteiger partial charge in [-0.05, 0) is 45.2 Å². The van der Waals surface area contributed by atoms with E-state index in [2.05, 4.69) is 30.5 Å². The van der Waals surface area contributed by atoms with Crippen molar-refractivity contribution < 1.29 is 9.53 Å². The number of anilines is 1. The van der Waals surface area contributed by atoms with Gasteiger partial charge in [-0.2, -0.15) is 0 Å². The lowest BCUT2D eigenvalue weighted by Gasteiger charge is -2.22. The van der Waals surface area contributed by atoms with Gasteiger partial charge in [-0.15, -0.1) is 0 Å². The van der Waals surface area contributed by atoms with Crippen molar-refractivity contribution in [1.82, 2.24) is 5.32 Å². The molecule has 1 aromatic rings. The van der Waals surface area contributed by atoms with Gasteiger partial charge in [0.25, 0.3) is 0 Å². The van der Waals surface area contributed by atoms with Crippen LogP contribution in [0.3, 0.4) is 0 Å². The molecule has 0 unspecified atom stereocenters. The molecule has 0 bridgehead atoms. The van der Waals surface area contributed by atoms with Gasteiger partial charge in [0.15, 0.2) is 0 Å². The van der Waals surface area contributed by atoms with Crippen molar-refractivity contribution in [2.75, 3.05) is 5.32 Å². The SMILES string of the molecule is CCCC(CCC)Nc1ccccc1CNC(=O)OC(C)(C)C. The molecule has 2 N–H and O–H groups in total. The van der Waals surface area contributed by atoms with E-state index in [0.29, 0.717) is 12.6 Å². The molecule has 1 rings (SSSR count).